The van der Waals surface area contributed by atoms with Gasteiger partial charge in [0.15, 0.2) is 0 Å². The van der Waals surface area contributed by atoms with Crippen molar-refractivity contribution in [2.75, 3.05) is 26.7 Å². The van der Waals surface area contributed by atoms with Crippen LogP contribution in [0.5, 0.6) is 5.75 Å². The number of oxazole rings is 1. The Labute approximate surface area is 154 Å². The van der Waals surface area contributed by atoms with Gasteiger partial charge in [0.1, 0.15) is 11.5 Å². The summed E-state index contributed by atoms with van der Waals surface area (Å²) >= 11 is 0. The summed E-state index contributed by atoms with van der Waals surface area (Å²) < 4.78 is 11.3. The van der Waals surface area contributed by atoms with Gasteiger partial charge in [-0.15, -0.1) is 0 Å². The van der Waals surface area contributed by atoms with E-state index in [1.807, 2.05) is 31.2 Å². The molecule has 0 aliphatic carbocycles. The maximum atomic E-state index is 5.95. The summed E-state index contributed by atoms with van der Waals surface area (Å²) in [6.07, 6.45) is 3.78. The molecule has 0 amide bonds. The van der Waals surface area contributed by atoms with Crippen LogP contribution in [-0.4, -0.2) is 42.7 Å². The van der Waals surface area contributed by atoms with Gasteiger partial charge in [-0.3, -0.25) is 15.8 Å². The van der Waals surface area contributed by atoms with Crippen molar-refractivity contribution in [1.82, 2.24) is 20.7 Å². The molecule has 26 heavy (non-hydrogen) atoms. The predicted molar refractivity (Wildman–Crippen MR) is 101 cm³/mol. The van der Waals surface area contributed by atoms with Crippen molar-refractivity contribution in [3.8, 4) is 17.2 Å². The largest absolute Gasteiger partial charge is 0.497 e. The molecule has 140 valence electrons. The molecule has 2 unspecified atom stereocenters. The van der Waals surface area contributed by atoms with Gasteiger partial charge in [-0.25, -0.2) is 4.98 Å². The van der Waals surface area contributed by atoms with Crippen LogP contribution in [0.15, 0.2) is 28.7 Å². The molecular weight excluding hydrogens is 328 g/mol. The molecule has 4 rings (SSSR count). The standard InChI is InChI=1S/C20H28N4O2/c1-14-19(22-20(26-14)15-5-3-7-17(11-15)25-2)13-24-10-4-6-16(12-24)18-8-9-21-23-18/h3,5,7,11,16,18,21,23H,4,6,8-10,12-13H2,1-2H3. The van der Waals surface area contributed by atoms with Gasteiger partial charge in [-0.1, -0.05) is 6.07 Å². The number of likely N-dealkylation sites (tertiary alicyclic amines) is 1. The predicted octanol–water partition coefficient (Wildman–Crippen LogP) is 2.74. The average Bonchev–Trinajstić information content (AvgIpc) is 3.33. The summed E-state index contributed by atoms with van der Waals surface area (Å²) in [6, 6.07) is 8.46. The third-order valence-corrected chi connectivity index (χ3v) is 5.56. The second kappa shape index (κ2) is 7.78. The highest BCUT2D eigenvalue weighted by atomic mass is 16.5. The molecule has 2 aromatic rings. The van der Waals surface area contributed by atoms with Crippen molar-refractivity contribution in [3.05, 3.63) is 35.7 Å². The van der Waals surface area contributed by atoms with Crippen LogP contribution < -0.4 is 15.6 Å². The Morgan fingerprint density at radius 1 is 1.35 bits per heavy atom. The van der Waals surface area contributed by atoms with E-state index in [2.05, 4.69) is 15.8 Å². The van der Waals surface area contributed by atoms with Crippen LogP contribution in [0.25, 0.3) is 11.5 Å². The third-order valence-electron chi connectivity index (χ3n) is 5.56. The number of hydrazine groups is 1. The lowest BCUT2D eigenvalue weighted by Gasteiger charge is -2.35. The molecule has 0 bridgehead atoms. The van der Waals surface area contributed by atoms with Gasteiger partial charge in [-0.2, -0.15) is 0 Å². The van der Waals surface area contributed by atoms with E-state index in [1.54, 1.807) is 7.11 Å². The highest BCUT2D eigenvalue weighted by Gasteiger charge is 2.29. The molecule has 0 spiro atoms. The molecule has 2 aliphatic rings. The third kappa shape index (κ3) is 3.77. The van der Waals surface area contributed by atoms with Crippen LogP contribution in [-0.2, 0) is 6.54 Å². The number of nitrogens with zero attached hydrogens (tertiary/aromatic N) is 2. The molecule has 6 nitrogen and oxygen atoms in total. The number of nitrogens with one attached hydrogen (secondary N) is 2. The SMILES string of the molecule is COc1cccc(-c2nc(CN3CCCC(C4CCNN4)C3)c(C)o2)c1. The minimum atomic E-state index is 0.601. The molecule has 1 aromatic carbocycles. The summed E-state index contributed by atoms with van der Waals surface area (Å²) in [5.41, 5.74) is 8.70. The van der Waals surface area contributed by atoms with Crippen LogP contribution in [0.2, 0.25) is 0 Å². The van der Waals surface area contributed by atoms with Crippen LogP contribution >= 0.6 is 0 Å². The van der Waals surface area contributed by atoms with Crippen molar-refractivity contribution in [3.63, 3.8) is 0 Å². The van der Waals surface area contributed by atoms with Crippen molar-refractivity contribution in [2.45, 2.75) is 38.8 Å². The summed E-state index contributed by atoms with van der Waals surface area (Å²) in [6.45, 7) is 6.21. The number of aromatic nitrogens is 1. The lowest BCUT2D eigenvalue weighted by atomic mass is 9.90. The maximum absolute atomic E-state index is 5.95. The van der Waals surface area contributed by atoms with E-state index in [9.17, 15) is 0 Å². The fourth-order valence-corrected chi connectivity index (χ4v) is 4.09. The first-order chi connectivity index (χ1) is 12.7. The Kier molecular flexibility index (Phi) is 5.24. The average molecular weight is 356 g/mol. The number of rotatable bonds is 5. The molecule has 2 atom stereocenters. The van der Waals surface area contributed by atoms with E-state index < -0.39 is 0 Å². The second-order valence-corrected chi connectivity index (χ2v) is 7.36. The Bertz CT molecular complexity index is 739. The summed E-state index contributed by atoms with van der Waals surface area (Å²) in [5.74, 6) is 3.11. The fourth-order valence-electron chi connectivity index (χ4n) is 4.09. The van der Waals surface area contributed by atoms with Crippen LogP contribution in [0.1, 0.15) is 30.7 Å². The van der Waals surface area contributed by atoms with Crippen LogP contribution in [0.3, 0.4) is 0 Å². The molecular formula is C20H28N4O2. The van der Waals surface area contributed by atoms with Gasteiger partial charge < -0.3 is 9.15 Å². The second-order valence-electron chi connectivity index (χ2n) is 7.36. The van der Waals surface area contributed by atoms with Gasteiger partial charge >= 0.3 is 0 Å². The normalized spacial score (nSPS) is 24.1. The number of aryl methyl sites for hydroxylation is 1. The van der Waals surface area contributed by atoms with E-state index in [1.165, 1.54) is 19.3 Å². The zero-order valence-corrected chi connectivity index (χ0v) is 15.6. The van der Waals surface area contributed by atoms with Crippen LogP contribution in [0.4, 0.5) is 0 Å². The molecule has 2 saturated heterocycles. The van der Waals surface area contributed by atoms with Crippen molar-refractivity contribution in [1.29, 1.82) is 0 Å². The summed E-state index contributed by atoms with van der Waals surface area (Å²) in [5, 5.41) is 0. The smallest absolute Gasteiger partial charge is 0.226 e. The van der Waals surface area contributed by atoms with Gasteiger partial charge in [0.25, 0.3) is 0 Å². The topological polar surface area (TPSA) is 62.6 Å². The Morgan fingerprint density at radius 2 is 2.27 bits per heavy atom. The molecule has 2 aliphatic heterocycles. The highest BCUT2D eigenvalue weighted by Crippen LogP contribution is 2.28. The maximum Gasteiger partial charge on any atom is 0.226 e. The van der Waals surface area contributed by atoms with Crippen molar-refractivity contribution in [2.24, 2.45) is 5.92 Å². The summed E-state index contributed by atoms with van der Waals surface area (Å²) in [4.78, 5) is 7.30. The lowest BCUT2D eigenvalue weighted by Crippen LogP contribution is -2.44. The molecule has 3 heterocycles. The first kappa shape index (κ1) is 17.5. The Balaban J connectivity index is 1.45. The van der Waals surface area contributed by atoms with E-state index in [0.29, 0.717) is 17.9 Å². The van der Waals surface area contributed by atoms with E-state index in [0.717, 1.165) is 48.9 Å². The monoisotopic (exact) mass is 356 g/mol. The zero-order chi connectivity index (χ0) is 17.9. The molecule has 0 radical (unpaired) electrons. The Hall–Kier alpha value is -1.89. The van der Waals surface area contributed by atoms with E-state index in [-0.39, 0.29) is 0 Å². The highest BCUT2D eigenvalue weighted by molar-refractivity contribution is 5.56. The lowest BCUT2D eigenvalue weighted by molar-refractivity contribution is 0.142. The fraction of sp³-hybridized carbons (Fsp3) is 0.550. The van der Waals surface area contributed by atoms with Crippen molar-refractivity contribution < 1.29 is 9.15 Å². The number of methoxy groups -OCH3 is 1. The van der Waals surface area contributed by atoms with Crippen molar-refractivity contribution >= 4 is 0 Å². The van der Waals surface area contributed by atoms with E-state index in [4.69, 9.17) is 14.1 Å². The number of ether oxygens (including phenoxy) is 1. The first-order valence-corrected chi connectivity index (χ1v) is 9.54. The minimum Gasteiger partial charge on any atom is -0.497 e. The van der Waals surface area contributed by atoms with Gasteiger partial charge in [0.05, 0.1) is 12.8 Å². The molecule has 6 heteroatoms. The molecule has 2 N–H and O–H groups in total. The molecule has 0 saturated carbocycles. The van der Waals surface area contributed by atoms with Gasteiger partial charge in [0, 0.05) is 31.2 Å². The number of hydrogen-bond acceptors (Lipinski definition) is 6. The zero-order valence-electron chi connectivity index (χ0n) is 15.6. The first-order valence-electron chi connectivity index (χ1n) is 9.54. The van der Waals surface area contributed by atoms with E-state index >= 15 is 0 Å². The number of hydrogen-bond donors (Lipinski definition) is 2. The minimum absolute atomic E-state index is 0.601. The molecule has 1 aromatic heterocycles. The van der Waals surface area contributed by atoms with Crippen LogP contribution in [0, 0.1) is 12.8 Å². The van der Waals surface area contributed by atoms with Gasteiger partial charge in [-0.05, 0) is 56.8 Å². The Morgan fingerprint density at radius 3 is 3.08 bits per heavy atom. The van der Waals surface area contributed by atoms with Gasteiger partial charge in [0.2, 0.25) is 5.89 Å². The quantitative estimate of drug-likeness (QED) is 0.859. The summed E-state index contributed by atoms with van der Waals surface area (Å²) in [7, 11) is 1.67. The number of piperidine rings is 1. The number of benzene rings is 1. The molecule has 2 fully saturated rings.